The molecule has 1 aromatic rings. The summed E-state index contributed by atoms with van der Waals surface area (Å²) in [6, 6.07) is 3.79. The Bertz CT molecular complexity index is 414. The van der Waals surface area contributed by atoms with E-state index in [1.165, 1.54) is 0 Å². The molecule has 3 nitrogen and oxygen atoms in total. The Kier molecular flexibility index (Phi) is 4.91. The molecular weight excluding hydrogens is 226 g/mol. The second-order valence-corrected chi connectivity index (χ2v) is 4.92. The summed E-state index contributed by atoms with van der Waals surface area (Å²) in [5, 5.41) is 9.76. The number of hydrogen-bond acceptors (Lipinski definition) is 2. The molecule has 0 saturated carbocycles. The van der Waals surface area contributed by atoms with Crippen LogP contribution < -0.4 is 0 Å². The molecule has 0 unspecified atom stereocenters. The molecule has 0 heterocycles. The van der Waals surface area contributed by atoms with Gasteiger partial charge in [-0.25, -0.2) is 0 Å². The van der Waals surface area contributed by atoms with Gasteiger partial charge in [0.05, 0.1) is 25.2 Å². The second-order valence-electron chi connectivity index (χ2n) is 4.92. The topological polar surface area (TPSA) is 37.3 Å². The van der Waals surface area contributed by atoms with Crippen molar-refractivity contribution in [1.29, 1.82) is 0 Å². The fraction of sp³-hybridized carbons (Fsp3) is 0.533. The number of phenolic OH excluding ortho intramolecular Hbond substituents is 1. The molecule has 0 amide bonds. The number of carbonyl (C=O) groups excluding carboxylic acids is 1. The number of aromatic hydroxyl groups is 1. The van der Waals surface area contributed by atoms with Crippen molar-refractivity contribution in [3.05, 3.63) is 28.8 Å². The van der Waals surface area contributed by atoms with Gasteiger partial charge in [0, 0.05) is 5.56 Å². The Balaban J connectivity index is 3.11. The molecule has 0 atom stereocenters. The molecule has 1 aromatic carbocycles. The van der Waals surface area contributed by atoms with Crippen LogP contribution in [0.25, 0.3) is 0 Å². The van der Waals surface area contributed by atoms with E-state index in [1.54, 1.807) is 0 Å². The number of hydrogen-bond donors (Lipinski definition) is 1. The van der Waals surface area contributed by atoms with Crippen LogP contribution in [0.5, 0.6) is 5.75 Å². The molecule has 3 heteroatoms. The first-order chi connectivity index (χ1) is 8.51. The molecule has 0 aliphatic rings. The summed E-state index contributed by atoms with van der Waals surface area (Å²) in [7, 11) is 0. The van der Waals surface area contributed by atoms with Gasteiger partial charge in [-0.1, -0.05) is 0 Å². The number of phenols is 1. The van der Waals surface area contributed by atoms with Crippen LogP contribution in [-0.2, 0) is 6.54 Å². The van der Waals surface area contributed by atoms with Gasteiger partial charge in [0.15, 0.2) is 6.29 Å². The van der Waals surface area contributed by atoms with E-state index in [0.29, 0.717) is 5.56 Å². The van der Waals surface area contributed by atoms with E-state index in [0.717, 1.165) is 48.1 Å². The minimum Gasteiger partial charge on any atom is -0.507 e. The monoisotopic (exact) mass is 250 g/mol. The average Bonchev–Trinajstić information content (AvgIpc) is 2.40. The zero-order valence-electron chi connectivity index (χ0n) is 11.9. The van der Waals surface area contributed by atoms with Crippen LogP contribution in [0.1, 0.15) is 42.3 Å². The Morgan fingerprint density at radius 2 is 1.72 bits per heavy atom. The summed E-state index contributed by atoms with van der Waals surface area (Å²) < 4.78 is 1.00. The molecule has 0 spiro atoms. The third-order valence-corrected chi connectivity index (χ3v) is 4.05. The van der Waals surface area contributed by atoms with Crippen molar-refractivity contribution in [2.45, 2.75) is 34.2 Å². The minimum atomic E-state index is 0.108. The van der Waals surface area contributed by atoms with Crippen LogP contribution in [0.2, 0.25) is 0 Å². The third-order valence-electron chi connectivity index (χ3n) is 4.05. The lowest BCUT2D eigenvalue weighted by Crippen LogP contribution is -2.46. The first-order valence-electron chi connectivity index (χ1n) is 6.64. The predicted molar refractivity (Wildman–Crippen MR) is 73.8 cm³/mol. The van der Waals surface area contributed by atoms with Crippen LogP contribution >= 0.6 is 0 Å². The van der Waals surface area contributed by atoms with Gasteiger partial charge in [-0.15, -0.1) is 0 Å². The molecule has 100 valence electrons. The SMILES string of the molecule is CC[N+](CC)(CC)Cc1cc(C)c(O)c(C=O)c1. The summed E-state index contributed by atoms with van der Waals surface area (Å²) in [5.41, 5.74) is 2.29. The standard InChI is InChI=1S/C15H23NO2/c1-5-16(6-2,7-3)10-13-8-12(4)15(18)14(9-13)11-17/h8-9,11H,5-7,10H2,1-4H3/p+1. The molecule has 0 aromatic heterocycles. The summed E-state index contributed by atoms with van der Waals surface area (Å²) in [4.78, 5) is 10.9. The number of quaternary nitrogens is 1. The molecule has 1 N–H and O–H groups in total. The first kappa shape index (κ1) is 14.7. The van der Waals surface area contributed by atoms with Crippen molar-refractivity contribution < 1.29 is 14.4 Å². The Labute approximate surface area is 110 Å². The fourth-order valence-corrected chi connectivity index (χ4v) is 2.46. The van der Waals surface area contributed by atoms with Gasteiger partial charge in [-0.2, -0.15) is 0 Å². The lowest BCUT2D eigenvalue weighted by atomic mass is 10.0. The highest BCUT2D eigenvalue weighted by atomic mass is 16.3. The van der Waals surface area contributed by atoms with Gasteiger partial charge in [0.2, 0.25) is 0 Å². The van der Waals surface area contributed by atoms with Crippen LogP contribution in [0, 0.1) is 6.92 Å². The van der Waals surface area contributed by atoms with Gasteiger partial charge in [0.1, 0.15) is 12.3 Å². The lowest BCUT2D eigenvalue weighted by molar-refractivity contribution is -0.936. The number of benzene rings is 1. The average molecular weight is 250 g/mol. The quantitative estimate of drug-likeness (QED) is 0.622. The van der Waals surface area contributed by atoms with Crippen LogP contribution in [0.15, 0.2) is 12.1 Å². The Morgan fingerprint density at radius 3 is 2.17 bits per heavy atom. The summed E-state index contributed by atoms with van der Waals surface area (Å²) in [5.74, 6) is 0.108. The third kappa shape index (κ3) is 2.91. The van der Waals surface area contributed by atoms with Crippen molar-refractivity contribution in [2.24, 2.45) is 0 Å². The van der Waals surface area contributed by atoms with Gasteiger partial charge in [-0.3, -0.25) is 4.79 Å². The highest BCUT2D eigenvalue weighted by Crippen LogP contribution is 2.24. The first-order valence-corrected chi connectivity index (χ1v) is 6.64. The van der Waals surface area contributed by atoms with E-state index >= 15 is 0 Å². The van der Waals surface area contributed by atoms with Gasteiger partial charge in [0.25, 0.3) is 0 Å². The summed E-state index contributed by atoms with van der Waals surface area (Å²) >= 11 is 0. The minimum absolute atomic E-state index is 0.108. The molecule has 0 saturated heterocycles. The van der Waals surface area contributed by atoms with Crippen molar-refractivity contribution in [3.8, 4) is 5.75 Å². The maximum Gasteiger partial charge on any atom is 0.153 e. The van der Waals surface area contributed by atoms with E-state index < -0.39 is 0 Å². The van der Waals surface area contributed by atoms with Gasteiger partial charge < -0.3 is 9.59 Å². The van der Waals surface area contributed by atoms with Crippen molar-refractivity contribution >= 4 is 6.29 Å². The number of aldehydes is 1. The van der Waals surface area contributed by atoms with Crippen molar-refractivity contribution in [1.82, 2.24) is 0 Å². The van der Waals surface area contributed by atoms with Gasteiger partial charge >= 0.3 is 0 Å². The molecule has 0 bridgehead atoms. The van der Waals surface area contributed by atoms with Crippen LogP contribution in [0.3, 0.4) is 0 Å². The highest BCUT2D eigenvalue weighted by molar-refractivity contribution is 5.80. The molecule has 0 fully saturated rings. The van der Waals surface area contributed by atoms with E-state index in [2.05, 4.69) is 20.8 Å². The lowest BCUT2D eigenvalue weighted by Gasteiger charge is -2.36. The van der Waals surface area contributed by atoms with Crippen LogP contribution in [0.4, 0.5) is 0 Å². The largest absolute Gasteiger partial charge is 0.507 e. The number of carbonyl (C=O) groups is 1. The molecular formula is C15H24NO2+. The number of nitrogens with zero attached hydrogens (tertiary/aromatic N) is 1. The predicted octanol–water partition coefficient (Wildman–Crippen LogP) is 2.89. The molecule has 1 rings (SSSR count). The zero-order valence-corrected chi connectivity index (χ0v) is 11.9. The molecule has 0 radical (unpaired) electrons. The van der Waals surface area contributed by atoms with Gasteiger partial charge in [-0.05, 0) is 45.4 Å². The van der Waals surface area contributed by atoms with E-state index in [9.17, 15) is 9.90 Å². The van der Waals surface area contributed by atoms with E-state index in [1.807, 2.05) is 19.1 Å². The fourth-order valence-electron chi connectivity index (χ4n) is 2.46. The summed E-state index contributed by atoms with van der Waals surface area (Å²) in [6.07, 6.45) is 0.727. The Morgan fingerprint density at radius 1 is 1.17 bits per heavy atom. The molecule has 18 heavy (non-hydrogen) atoms. The Hall–Kier alpha value is -1.35. The van der Waals surface area contributed by atoms with Crippen molar-refractivity contribution in [2.75, 3.05) is 19.6 Å². The van der Waals surface area contributed by atoms with E-state index in [-0.39, 0.29) is 5.75 Å². The maximum atomic E-state index is 10.9. The zero-order chi connectivity index (χ0) is 13.8. The second kappa shape index (κ2) is 6.01. The van der Waals surface area contributed by atoms with Crippen molar-refractivity contribution in [3.63, 3.8) is 0 Å². The van der Waals surface area contributed by atoms with Crippen LogP contribution in [-0.4, -0.2) is 35.5 Å². The smallest absolute Gasteiger partial charge is 0.153 e. The number of aryl methyl sites for hydroxylation is 1. The molecule has 0 aliphatic carbocycles. The normalized spacial score (nSPS) is 11.6. The maximum absolute atomic E-state index is 10.9. The van der Waals surface area contributed by atoms with E-state index in [4.69, 9.17) is 0 Å². The highest BCUT2D eigenvalue weighted by Gasteiger charge is 2.22. The summed E-state index contributed by atoms with van der Waals surface area (Å²) in [6.45, 7) is 12.6. The number of rotatable bonds is 6. The molecule has 0 aliphatic heterocycles.